The minimum atomic E-state index is 0.827. The molecule has 0 aliphatic rings. The summed E-state index contributed by atoms with van der Waals surface area (Å²) in [6, 6.07) is 17.3. The first kappa shape index (κ1) is 13.9. The Morgan fingerprint density at radius 2 is 1.87 bits per heavy atom. The summed E-state index contributed by atoms with van der Waals surface area (Å²) in [5.41, 5.74) is 4.98. The van der Waals surface area contributed by atoms with E-state index in [1.54, 1.807) is 7.11 Å². The molecule has 4 rings (SSSR count). The summed E-state index contributed by atoms with van der Waals surface area (Å²) in [4.78, 5) is 0. The van der Waals surface area contributed by atoms with E-state index in [1.165, 1.54) is 38.4 Å². The predicted octanol–water partition coefficient (Wildman–Crippen LogP) is 5.29. The van der Waals surface area contributed by atoms with Gasteiger partial charge >= 0.3 is 0 Å². The van der Waals surface area contributed by atoms with Gasteiger partial charge in [-0.15, -0.1) is 6.58 Å². The molecule has 0 bridgehead atoms. The van der Waals surface area contributed by atoms with E-state index in [0.717, 1.165) is 12.2 Å². The third-order valence-corrected chi connectivity index (χ3v) is 4.51. The van der Waals surface area contributed by atoms with E-state index in [4.69, 9.17) is 4.74 Å². The number of rotatable bonds is 3. The molecule has 2 aromatic carbocycles. The van der Waals surface area contributed by atoms with Crippen LogP contribution in [-0.2, 0) is 6.42 Å². The van der Waals surface area contributed by atoms with Gasteiger partial charge in [0.15, 0.2) is 0 Å². The van der Waals surface area contributed by atoms with Crippen LogP contribution in [0.15, 0.2) is 61.2 Å². The SMILES string of the molecule is C=CCc1cc(OC)cc2cc(C)n3c4ccccc4cc3c12. The number of hydrogen-bond donors (Lipinski definition) is 0. The number of allylic oxidation sites excluding steroid dienone is 1. The zero-order valence-electron chi connectivity index (χ0n) is 13.5. The van der Waals surface area contributed by atoms with Gasteiger partial charge in [-0.1, -0.05) is 24.3 Å². The fourth-order valence-electron chi connectivity index (χ4n) is 3.57. The van der Waals surface area contributed by atoms with Gasteiger partial charge in [0.1, 0.15) is 5.75 Å². The molecular formula is C21H19NO. The summed E-state index contributed by atoms with van der Waals surface area (Å²) in [6.07, 6.45) is 2.78. The van der Waals surface area contributed by atoms with E-state index >= 15 is 0 Å². The molecule has 114 valence electrons. The van der Waals surface area contributed by atoms with Crippen molar-refractivity contribution < 1.29 is 4.74 Å². The van der Waals surface area contributed by atoms with Gasteiger partial charge in [-0.3, -0.25) is 0 Å². The second-order valence-corrected chi connectivity index (χ2v) is 5.95. The molecule has 0 aliphatic heterocycles. The van der Waals surface area contributed by atoms with Crippen molar-refractivity contribution in [1.82, 2.24) is 4.40 Å². The van der Waals surface area contributed by atoms with E-state index in [2.05, 4.69) is 66.4 Å². The molecule has 2 heteroatoms. The molecule has 0 N–H and O–H groups in total. The predicted molar refractivity (Wildman–Crippen MR) is 97.6 cm³/mol. The summed E-state index contributed by atoms with van der Waals surface area (Å²) in [5, 5.41) is 3.77. The number of fused-ring (bicyclic) bond motifs is 5. The van der Waals surface area contributed by atoms with Gasteiger partial charge in [0.25, 0.3) is 0 Å². The Bertz CT molecular complexity index is 1060. The normalized spacial score (nSPS) is 11.4. The monoisotopic (exact) mass is 301 g/mol. The van der Waals surface area contributed by atoms with E-state index in [-0.39, 0.29) is 0 Å². The first-order valence-corrected chi connectivity index (χ1v) is 7.84. The van der Waals surface area contributed by atoms with Crippen LogP contribution in [0.4, 0.5) is 0 Å². The lowest BCUT2D eigenvalue weighted by atomic mass is 10.0. The number of para-hydroxylation sites is 1. The maximum absolute atomic E-state index is 5.48. The highest BCUT2D eigenvalue weighted by Crippen LogP contribution is 2.34. The Balaban J connectivity index is 2.24. The van der Waals surface area contributed by atoms with Crippen LogP contribution in [0.1, 0.15) is 11.3 Å². The van der Waals surface area contributed by atoms with Crippen LogP contribution in [0.2, 0.25) is 0 Å². The number of methoxy groups -OCH3 is 1. The van der Waals surface area contributed by atoms with Crippen molar-refractivity contribution in [2.75, 3.05) is 7.11 Å². The molecule has 0 radical (unpaired) electrons. The van der Waals surface area contributed by atoms with Crippen LogP contribution in [0.5, 0.6) is 5.75 Å². The van der Waals surface area contributed by atoms with Crippen molar-refractivity contribution in [3.05, 3.63) is 72.4 Å². The van der Waals surface area contributed by atoms with Crippen LogP contribution in [0.25, 0.3) is 27.2 Å². The van der Waals surface area contributed by atoms with Gasteiger partial charge in [-0.05, 0) is 54.6 Å². The van der Waals surface area contributed by atoms with Gasteiger partial charge in [0, 0.05) is 16.5 Å². The van der Waals surface area contributed by atoms with E-state index in [9.17, 15) is 0 Å². The quantitative estimate of drug-likeness (QED) is 0.469. The van der Waals surface area contributed by atoms with Crippen molar-refractivity contribution in [1.29, 1.82) is 0 Å². The summed E-state index contributed by atoms with van der Waals surface area (Å²) in [7, 11) is 1.72. The lowest BCUT2D eigenvalue weighted by molar-refractivity contribution is 0.415. The standard InChI is InChI=1S/C21H19NO/c1-4-7-16-11-18(23-3)12-17-10-14(2)22-19-9-6-5-8-15(19)13-20(22)21(16)17/h4-6,8-13H,1,7H2,2-3H3. The number of nitrogens with zero attached hydrogens (tertiary/aromatic N) is 1. The topological polar surface area (TPSA) is 13.6 Å². The third-order valence-electron chi connectivity index (χ3n) is 4.51. The van der Waals surface area contributed by atoms with Gasteiger partial charge in [-0.25, -0.2) is 0 Å². The molecule has 0 aliphatic carbocycles. The second-order valence-electron chi connectivity index (χ2n) is 5.95. The summed E-state index contributed by atoms with van der Waals surface area (Å²) < 4.78 is 7.82. The van der Waals surface area contributed by atoms with E-state index < -0.39 is 0 Å². The maximum Gasteiger partial charge on any atom is 0.119 e. The van der Waals surface area contributed by atoms with Crippen molar-refractivity contribution in [3.63, 3.8) is 0 Å². The van der Waals surface area contributed by atoms with Gasteiger partial charge in [0.2, 0.25) is 0 Å². The lowest BCUT2D eigenvalue weighted by Crippen LogP contribution is -1.96. The number of pyridine rings is 1. The molecule has 0 fully saturated rings. The van der Waals surface area contributed by atoms with Gasteiger partial charge in [0.05, 0.1) is 18.1 Å². The zero-order valence-corrected chi connectivity index (χ0v) is 13.5. The van der Waals surface area contributed by atoms with Gasteiger partial charge < -0.3 is 9.14 Å². The molecule has 2 nitrogen and oxygen atoms in total. The number of hydrogen-bond acceptors (Lipinski definition) is 1. The molecule has 0 atom stereocenters. The first-order chi connectivity index (χ1) is 11.2. The first-order valence-electron chi connectivity index (χ1n) is 7.84. The second kappa shape index (κ2) is 5.17. The lowest BCUT2D eigenvalue weighted by Gasteiger charge is -2.13. The molecule has 0 saturated carbocycles. The summed E-state index contributed by atoms with van der Waals surface area (Å²) in [6.45, 7) is 6.07. The fourth-order valence-corrected chi connectivity index (χ4v) is 3.57. The zero-order chi connectivity index (χ0) is 16.0. The van der Waals surface area contributed by atoms with Crippen molar-refractivity contribution in [2.45, 2.75) is 13.3 Å². The fraction of sp³-hybridized carbons (Fsp3) is 0.143. The highest BCUT2D eigenvalue weighted by molar-refractivity contribution is 6.05. The molecule has 23 heavy (non-hydrogen) atoms. The molecule has 0 amide bonds. The van der Waals surface area contributed by atoms with Crippen LogP contribution in [-0.4, -0.2) is 11.5 Å². The summed E-state index contributed by atoms with van der Waals surface area (Å²) in [5.74, 6) is 0.897. The Kier molecular flexibility index (Phi) is 3.12. The smallest absolute Gasteiger partial charge is 0.119 e. The van der Waals surface area contributed by atoms with Crippen LogP contribution >= 0.6 is 0 Å². The third kappa shape index (κ3) is 2.02. The molecule has 4 aromatic rings. The highest BCUT2D eigenvalue weighted by atomic mass is 16.5. The van der Waals surface area contributed by atoms with Crippen LogP contribution in [0, 0.1) is 6.92 Å². The average Bonchev–Trinajstić information content (AvgIpc) is 2.94. The number of aryl methyl sites for hydroxylation is 1. The minimum Gasteiger partial charge on any atom is -0.497 e. The Hall–Kier alpha value is -2.74. The average molecular weight is 301 g/mol. The Morgan fingerprint density at radius 1 is 1.04 bits per heavy atom. The Morgan fingerprint density at radius 3 is 2.65 bits per heavy atom. The highest BCUT2D eigenvalue weighted by Gasteiger charge is 2.12. The van der Waals surface area contributed by atoms with E-state index in [0.29, 0.717) is 0 Å². The van der Waals surface area contributed by atoms with Crippen LogP contribution in [0.3, 0.4) is 0 Å². The number of ether oxygens (including phenoxy) is 1. The molecule has 0 saturated heterocycles. The molecule has 2 aromatic heterocycles. The Labute approximate surface area is 135 Å². The van der Waals surface area contributed by atoms with Crippen molar-refractivity contribution in [2.24, 2.45) is 0 Å². The van der Waals surface area contributed by atoms with Crippen LogP contribution < -0.4 is 4.74 Å². The molecule has 0 spiro atoms. The number of benzene rings is 2. The number of aromatic nitrogens is 1. The minimum absolute atomic E-state index is 0.827. The van der Waals surface area contributed by atoms with Gasteiger partial charge in [-0.2, -0.15) is 0 Å². The summed E-state index contributed by atoms with van der Waals surface area (Å²) >= 11 is 0. The molecular weight excluding hydrogens is 282 g/mol. The van der Waals surface area contributed by atoms with Crippen molar-refractivity contribution in [3.8, 4) is 5.75 Å². The van der Waals surface area contributed by atoms with Crippen molar-refractivity contribution >= 4 is 27.2 Å². The molecule has 2 heterocycles. The largest absolute Gasteiger partial charge is 0.497 e. The van der Waals surface area contributed by atoms with E-state index in [1.807, 2.05) is 6.08 Å². The maximum atomic E-state index is 5.48. The molecule has 0 unspecified atom stereocenters.